The van der Waals surface area contributed by atoms with E-state index < -0.39 is 12.6 Å². The number of carbonyl (C=O) groups is 1. The zero-order valence-electron chi connectivity index (χ0n) is 10.1. The Hall–Kier alpha value is -2.01. The van der Waals surface area contributed by atoms with E-state index in [1.165, 1.54) is 0 Å². The average Bonchev–Trinajstić information content (AvgIpc) is 2.35. The summed E-state index contributed by atoms with van der Waals surface area (Å²) in [5.41, 5.74) is 0.663. The molecule has 1 aromatic carbocycles. The zero-order valence-corrected chi connectivity index (χ0v) is 10.1. The Kier molecular flexibility index (Phi) is 5.73. The molecule has 0 fully saturated rings. The highest BCUT2D eigenvalue weighted by molar-refractivity contribution is 5.69. The highest BCUT2D eigenvalue weighted by Crippen LogP contribution is 2.32. The fraction of sp³-hybridized carbons (Fsp3) is 0.308. The summed E-state index contributed by atoms with van der Waals surface area (Å²) in [7, 11) is 0. The van der Waals surface area contributed by atoms with Crippen LogP contribution in [0.2, 0.25) is 0 Å². The van der Waals surface area contributed by atoms with E-state index in [0.29, 0.717) is 23.7 Å². The van der Waals surface area contributed by atoms with Gasteiger partial charge in [-0.1, -0.05) is 24.3 Å². The number of hydrogen-bond acceptors (Lipinski definition) is 4. The molecule has 0 radical (unpaired) electrons. The van der Waals surface area contributed by atoms with Gasteiger partial charge in [-0.3, -0.25) is 0 Å². The topological polar surface area (TPSA) is 76.0 Å². The monoisotopic (exact) mass is 252 g/mol. The fourth-order valence-corrected chi connectivity index (χ4v) is 1.40. The van der Waals surface area contributed by atoms with Crippen LogP contribution in [0.1, 0.15) is 12.5 Å². The van der Waals surface area contributed by atoms with Crippen LogP contribution in [-0.2, 0) is 4.79 Å². The van der Waals surface area contributed by atoms with Gasteiger partial charge in [0, 0.05) is 5.56 Å². The number of aliphatic hydroxyl groups is 1. The highest BCUT2D eigenvalue weighted by atomic mass is 16.5. The normalized spacial score (nSPS) is 10.6. The summed E-state index contributed by atoms with van der Waals surface area (Å²) in [4.78, 5) is 10.5. The molecular weight excluding hydrogens is 236 g/mol. The number of hydrogen-bond donors (Lipinski definition) is 2. The van der Waals surface area contributed by atoms with Gasteiger partial charge in [0.15, 0.2) is 18.1 Å². The predicted octanol–water partition coefficient (Wildman–Crippen LogP) is 1.55. The molecule has 0 aliphatic heterocycles. The molecule has 0 heterocycles. The van der Waals surface area contributed by atoms with Crippen LogP contribution < -0.4 is 9.47 Å². The van der Waals surface area contributed by atoms with Crippen LogP contribution in [0.5, 0.6) is 11.5 Å². The molecule has 1 aromatic rings. The standard InChI is InChI=1S/C13H16O5/c1-2-17-11-7-3-5-10(6-4-8-14)13(11)18-9-12(15)16/h3-7,14H,2,8-9H2,1H3,(H,15,16). The summed E-state index contributed by atoms with van der Waals surface area (Å²) in [5, 5.41) is 17.4. The lowest BCUT2D eigenvalue weighted by Crippen LogP contribution is -2.11. The van der Waals surface area contributed by atoms with E-state index in [1.54, 1.807) is 30.4 Å². The third-order valence-electron chi connectivity index (χ3n) is 2.05. The number of rotatable bonds is 7. The van der Waals surface area contributed by atoms with Crippen molar-refractivity contribution in [2.45, 2.75) is 6.92 Å². The van der Waals surface area contributed by atoms with Gasteiger partial charge in [-0.15, -0.1) is 0 Å². The summed E-state index contributed by atoms with van der Waals surface area (Å²) in [6.45, 7) is 1.75. The van der Waals surface area contributed by atoms with Gasteiger partial charge in [0.05, 0.1) is 13.2 Å². The Morgan fingerprint density at radius 3 is 2.78 bits per heavy atom. The van der Waals surface area contributed by atoms with Gasteiger partial charge in [-0.2, -0.15) is 0 Å². The SMILES string of the molecule is CCOc1cccc(C=CCO)c1OCC(=O)O. The van der Waals surface area contributed by atoms with Crippen LogP contribution in [-0.4, -0.2) is 36.0 Å². The van der Waals surface area contributed by atoms with Crippen LogP contribution in [0, 0.1) is 0 Å². The Labute approximate surface area is 105 Å². The summed E-state index contributed by atoms with van der Waals surface area (Å²) in [6, 6.07) is 5.23. The van der Waals surface area contributed by atoms with Gasteiger partial charge >= 0.3 is 5.97 Å². The first-order chi connectivity index (χ1) is 8.69. The molecule has 5 heteroatoms. The summed E-state index contributed by atoms with van der Waals surface area (Å²) in [6.07, 6.45) is 3.19. The first-order valence-corrected chi connectivity index (χ1v) is 5.56. The summed E-state index contributed by atoms with van der Waals surface area (Å²) < 4.78 is 10.6. The minimum absolute atomic E-state index is 0.1000. The Balaban J connectivity index is 3.03. The number of aliphatic hydroxyl groups excluding tert-OH is 1. The van der Waals surface area contributed by atoms with E-state index in [4.69, 9.17) is 19.7 Å². The molecule has 1 rings (SSSR count). The van der Waals surface area contributed by atoms with E-state index in [2.05, 4.69) is 0 Å². The highest BCUT2D eigenvalue weighted by Gasteiger charge is 2.10. The molecule has 0 aliphatic rings. The molecule has 18 heavy (non-hydrogen) atoms. The van der Waals surface area contributed by atoms with E-state index >= 15 is 0 Å². The summed E-state index contributed by atoms with van der Waals surface area (Å²) in [5.74, 6) is -0.205. The summed E-state index contributed by atoms with van der Waals surface area (Å²) >= 11 is 0. The van der Waals surface area contributed by atoms with Gasteiger partial charge in [-0.25, -0.2) is 4.79 Å². The van der Waals surface area contributed by atoms with Crippen LogP contribution >= 0.6 is 0 Å². The van der Waals surface area contributed by atoms with Crippen molar-refractivity contribution in [1.82, 2.24) is 0 Å². The smallest absolute Gasteiger partial charge is 0.341 e. The molecule has 0 amide bonds. The molecule has 98 valence electrons. The maximum absolute atomic E-state index is 10.5. The van der Waals surface area contributed by atoms with Gasteiger partial charge in [-0.05, 0) is 13.0 Å². The van der Waals surface area contributed by atoms with E-state index in [0.717, 1.165) is 0 Å². The maximum atomic E-state index is 10.5. The minimum Gasteiger partial charge on any atom is -0.490 e. The molecule has 5 nitrogen and oxygen atoms in total. The average molecular weight is 252 g/mol. The van der Waals surface area contributed by atoms with Crippen molar-refractivity contribution in [3.05, 3.63) is 29.8 Å². The lowest BCUT2D eigenvalue weighted by Gasteiger charge is -2.13. The molecule has 0 saturated carbocycles. The molecule has 0 spiro atoms. The fourth-order valence-electron chi connectivity index (χ4n) is 1.40. The Morgan fingerprint density at radius 2 is 2.17 bits per heavy atom. The van der Waals surface area contributed by atoms with Gasteiger partial charge < -0.3 is 19.7 Å². The molecule has 0 unspecified atom stereocenters. The first-order valence-electron chi connectivity index (χ1n) is 5.56. The lowest BCUT2D eigenvalue weighted by atomic mass is 10.1. The van der Waals surface area contributed by atoms with Gasteiger partial charge in [0.1, 0.15) is 0 Å². The second-order valence-electron chi connectivity index (χ2n) is 3.37. The zero-order chi connectivity index (χ0) is 13.4. The first kappa shape index (κ1) is 14.1. The van der Waals surface area contributed by atoms with Crippen molar-refractivity contribution < 1.29 is 24.5 Å². The predicted molar refractivity (Wildman–Crippen MR) is 66.9 cm³/mol. The maximum Gasteiger partial charge on any atom is 0.341 e. The molecule has 0 aromatic heterocycles. The number of aliphatic carboxylic acids is 1. The van der Waals surface area contributed by atoms with E-state index in [1.807, 2.05) is 6.92 Å². The second kappa shape index (κ2) is 7.34. The molecular formula is C13H16O5. The van der Waals surface area contributed by atoms with Crippen molar-refractivity contribution in [3.63, 3.8) is 0 Å². The van der Waals surface area contributed by atoms with Gasteiger partial charge in [0.25, 0.3) is 0 Å². The Morgan fingerprint density at radius 1 is 1.39 bits per heavy atom. The molecule has 0 aliphatic carbocycles. The van der Waals surface area contributed by atoms with E-state index in [-0.39, 0.29) is 6.61 Å². The third kappa shape index (κ3) is 4.10. The molecule has 0 bridgehead atoms. The molecule has 0 atom stereocenters. The minimum atomic E-state index is -1.06. The van der Waals surface area contributed by atoms with Crippen molar-refractivity contribution in [2.75, 3.05) is 19.8 Å². The number of carboxylic acid groups (broad SMARTS) is 1. The number of benzene rings is 1. The third-order valence-corrected chi connectivity index (χ3v) is 2.05. The lowest BCUT2D eigenvalue weighted by molar-refractivity contribution is -0.139. The second-order valence-corrected chi connectivity index (χ2v) is 3.37. The molecule has 2 N–H and O–H groups in total. The quantitative estimate of drug-likeness (QED) is 0.770. The van der Waals surface area contributed by atoms with Crippen LogP contribution in [0.15, 0.2) is 24.3 Å². The Bertz CT molecular complexity index is 425. The van der Waals surface area contributed by atoms with Gasteiger partial charge in [0.2, 0.25) is 0 Å². The van der Waals surface area contributed by atoms with Crippen molar-refractivity contribution in [1.29, 1.82) is 0 Å². The van der Waals surface area contributed by atoms with Crippen LogP contribution in [0.4, 0.5) is 0 Å². The number of carboxylic acids is 1. The molecule has 0 saturated heterocycles. The van der Waals surface area contributed by atoms with Crippen LogP contribution in [0.25, 0.3) is 6.08 Å². The van der Waals surface area contributed by atoms with Crippen molar-refractivity contribution in [3.8, 4) is 11.5 Å². The van der Waals surface area contributed by atoms with E-state index in [9.17, 15) is 4.79 Å². The largest absolute Gasteiger partial charge is 0.490 e. The van der Waals surface area contributed by atoms with Crippen molar-refractivity contribution >= 4 is 12.0 Å². The number of para-hydroxylation sites is 1. The number of ether oxygens (including phenoxy) is 2. The van der Waals surface area contributed by atoms with Crippen molar-refractivity contribution in [2.24, 2.45) is 0 Å². The van der Waals surface area contributed by atoms with Crippen LogP contribution in [0.3, 0.4) is 0 Å².